The maximum atomic E-state index is 12.4. The van der Waals surface area contributed by atoms with Crippen molar-refractivity contribution in [2.45, 2.75) is 148 Å². The van der Waals surface area contributed by atoms with Crippen molar-refractivity contribution in [2.75, 3.05) is 13.2 Å². The molecule has 0 spiro atoms. The van der Waals surface area contributed by atoms with Crippen LogP contribution in [-0.4, -0.2) is 52.3 Å². The van der Waals surface area contributed by atoms with E-state index in [-0.39, 0.29) is 25.6 Å². The summed E-state index contributed by atoms with van der Waals surface area (Å²) in [7, 11) is -4.80. The zero-order chi connectivity index (χ0) is 40.5. The maximum absolute atomic E-state index is 12.4. The van der Waals surface area contributed by atoms with Crippen molar-refractivity contribution in [2.24, 2.45) is 0 Å². The summed E-state index contributed by atoms with van der Waals surface area (Å²) in [6, 6.07) is 0. The lowest BCUT2D eigenvalue weighted by atomic mass is 10.1. The molecule has 0 aromatic carbocycles. The van der Waals surface area contributed by atoms with Gasteiger partial charge in [-0.1, -0.05) is 136 Å². The molecule has 3 N–H and O–H groups in total. The van der Waals surface area contributed by atoms with E-state index in [4.69, 9.17) is 19.3 Å². The third-order valence-corrected chi connectivity index (χ3v) is 8.43. The van der Waals surface area contributed by atoms with Gasteiger partial charge in [0.2, 0.25) is 0 Å². The van der Waals surface area contributed by atoms with E-state index in [0.29, 0.717) is 19.3 Å². The second kappa shape index (κ2) is 38.9. The van der Waals surface area contributed by atoms with Crippen LogP contribution in [0.5, 0.6) is 0 Å². The normalized spacial score (nSPS) is 14.2. The SMILES string of the molecule is CCCCC/C=C\C/C=C\C/C=C\C/C=C\C/C=C\CCC(=O)O[C@H](COC(=O)CCC/C=C\C/C=C\C/C=C\C/C=C\CC[C@@H](O)CC)COP(=O)(O)O. The molecule has 0 aromatic rings. The Bertz CT molecular complexity index is 1270. The smallest absolute Gasteiger partial charge is 0.462 e. The molecule has 0 unspecified atom stereocenters. The molecule has 9 nitrogen and oxygen atoms in total. The number of rotatable bonds is 35. The first-order chi connectivity index (χ1) is 26.7. The largest absolute Gasteiger partial charge is 0.469 e. The number of allylic oxidation sites excluding steroid dienone is 18. The van der Waals surface area contributed by atoms with E-state index in [1.807, 2.05) is 31.2 Å². The van der Waals surface area contributed by atoms with Crippen LogP contribution < -0.4 is 0 Å². The summed E-state index contributed by atoms with van der Waals surface area (Å²) < 4.78 is 26.2. The minimum atomic E-state index is -4.80. The second-order valence-electron chi connectivity index (χ2n) is 13.0. The van der Waals surface area contributed by atoms with Crippen LogP contribution in [0.15, 0.2) is 109 Å². The van der Waals surface area contributed by atoms with Crippen LogP contribution in [0.3, 0.4) is 0 Å². The van der Waals surface area contributed by atoms with Crippen molar-refractivity contribution in [3.8, 4) is 0 Å². The number of ether oxygens (including phenoxy) is 2. The highest BCUT2D eigenvalue weighted by Crippen LogP contribution is 2.35. The molecular weight excluding hydrogens is 715 g/mol. The fourth-order valence-corrected chi connectivity index (χ4v) is 5.10. The number of esters is 2. The Hall–Kier alpha value is -3.33. The number of hydrogen-bond donors (Lipinski definition) is 3. The van der Waals surface area contributed by atoms with Gasteiger partial charge in [-0.25, -0.2) is 4.57 Å². The topological polar surface area (TPSA) is 140 Å². The van der Waals surface area contributed by atoms with E-state index in [1.54, 1.807) is 0 Å². The summed E-state index contributed by atoms with van der Waals surface area (Å²) in [6.45, 7) is 3.25. The number of unbranched alkanes of at least 4 members (excludes halogenated alkanes) is 4. The summed E-state index contributed by atoms with van der Waals surface area (Å²) in [5.41, 5.74) is 0. The molecule has 2 atom stereocenters. The van der Waals surface area contributed by atoms with Crippen molar-refractivity contribution in [1.29, 1.82) is 0 Å². The van der Waals surface area contributed by atoms with Gasteiger partial charge >= 0.3 is 19.8 Å². The zero-order valence-corrected chi connectivity index (χ0v) is 34.5. The Balaban J connectivity index is 4.20. The highest BCUT2D eigenvalue weighted by atomic mass is 31.2. The fourth-order valence-electron chi connectivity index (χ4n) is 4.74. The van der Waals surface area contributed by atoms with Gasteiger partial charge in [-0.15, -0.1) is 0 Å². The van der Waals surface area contributed by atoms with Crippen LogP contribution in [0.25, 0.3) is 0 Å². The fraction of sp³-hybridized carbons (Fsp3) is 0.556. The van der Waals surface area contributed by atoms with Crippen molar-refractivity contribution in [3.63, 3.8) is 0 Å². The average molecular weight is 787 g/mol. The van der Waals surface area contributed by atoms with E-state index in [2.05, 4.69) is 96.5 Å². The Morgan fingerprint density at radius 1 is 0.545 bits per heavy atom. The Morgan fingerprint density at radius 2 is 0.982 bits per heavy atom. The molecule has 0 bridgehead atoms. The quantitative estimate of drug-likeness (QED) is 0.0248. The predicted molar refractivity (Wildman–Crippen MR) is 226 cm³/mol. The lowest BCUT2D eigenvalue weighted by Crippen LogP contribution is -2.29. The van der Waals surface area contributed by atoms with Gasteiger partial charge in [0.25, 0.3) is 0 Å². The Morgan fingerprint density at radius 3 is 1.44 bits per heavy atom. The summed E-state index contributed by atoms with van der Waals surface area (Å²) in [5, 5.41) is 9.54. The van der Waals surface area contributed by atoms with Crippen molar-refractivity contribution in [3.05, 3.63) is 109 Å². The minimum Gasteiger partial charge on any atom is -0.462 e. The second-order valence-corrected chi connectivity index (χ2v) is 14.3. The molecule has 0 fully saturated rings. The minimum absolute atomic E-state index is 0.0631. The van der Waals surface area contributed by atoms with E-state index >= 15 is 0 Å². The molecule has 0 aliphatic carbocycles. The van der Waals surface area contributed by atoms with Crippen LogP contribution in [-0.2, 0) is 28.2 Å². The predicted octanol–water partition coefficient (Wildman–Crippen LogP) is 11.4. The first-order valence-electron chi connectivity index (χ1n) is 20.3. The van der Waals surface area contributed by atoms with Crippen LogP contribution in [0.4, 0.5) is 0 Å². The molecule has 0 radical (unpaired) electrons. The summed E-state index contributed by atoms with van der Waals surface area (Å²) >= 11 is 0. The van der Waals surface area contributed by atoms with Gasteiger partial charge in [0.15, 0.2) is 6.10 Å². The van der Waals surface area contributed by atoms with Crippen molar-refractivity contribution in [1.82, 2.24) is 0 Å². The number of phosphoric acid groups is 1. The van der Waals surface area contributed by atoms with E-state index < -0.39 is 32.5 Å². The highest BCUT2D eigenvalue weighted by Gasteiger charge is 2.22. The molecule has 55 heavy (non-hydrogen) atoms. The third kappa shape index (κ3) is 41.7. The van der Waals surface area contributed by atoms with Crippen LogP contribution in [0.1, 0.15) is 136 Å². The Labute approximate surface area is 332 Å². The Kier molecular flexibility index (Phi) is 36.6. The molecule has 0 aliphatic rings. The summed E-state index contributed by atoms with van der Waals surface area (Å²) in [4.78, 5) is 42.7. The number of phosphoric ester groups is 1. The van der Waals surface area contributed by atoms with Gasteiger partial charge in [-0.3, -0.25) is 14.1 Å². The van der Waals surface area contributed by atoms with Gasteiger partial charge < -0.3 is 24.4 Å². The van der Waals surface area contributed by atoms with Crippen LogP contribution in [0.2, 0.25) is 0 Å². The molecule has 0 aromatic heterocycles. The van der Waals surface area contributed by atoms with E-state index in [1.165, 1.54) is 25.7 Å². The van der Waals surface area contributed by atoms with Crippen LogP contribution in [0, 0.1) is 0 Å². The lowest BCUT2D eigenvalue weighted by Gasteiger charge is -2.18. The molecule has 10 heteroatoms. The first-order valence-corrected chi connectivity index (χ1v) is 21.8. The summed E-state index contributed by atoms with van der Waals surface area (Å²) in [6.07, 6.45) is 52.0. The monoisotopic (exact) mass is 786 g/mol. The molecule has 0 amide bonds. The molecule has 310 valence electrons. The van der Waals surface area contributed by atoms with Gasteiger partial charge in [0, 0.05) is 12.8 Å². The number of aliphatic hydroxyl groups excluding tert-OH is 1. The van der Waals surface area contributed by atoms with Gasteiger partial charge in [-0.2, -0.15) is 0 Å². The van der Waals surface area contributed by atoms with Gasteiger partial charge in [0.05, 0.1) is 12.7 Å². The first kappa shape index (κ1) is 51.7. The standard InChI is InChI=1S/C45H71O9P/c1-3-5-6-7-8-9-10-11-12-13-14-15-16-21-24-27-30-33-36-39-45(48)54-43(41-53-55(49,50)51)40-52-44(47)38-35-32-29-26-23-20-18-17-19-22-25-28-31-34-37-42(46)4-2/h8-9,11-12,14-15,18-22,24,26,28-31,33,42-43,46H,3-7,10,13,16-17,23,25,27,32,34-41H2,1-2H3,(H2,49,50,51)/b9-8-,12-11-,15-14-,20-18-,22-19-,24-21-,29-26-,31-28-,33-30-/t42-,43+/m0/s1. The van der Waals surface area contributed by atoms with Gasteiger partial charge in [0.1, 0.15) is 6.61 Å². The van der Waals surface area contributed by atoms with Crippen LogP contribution >= 0.6 is 7.82 Å². The number of hydrogen-bond acceptors (Lipinski definition) is 7. The number of aliphatic hydroxyl groups is 1. The molecule has 0 aliphatic heterocycles. The highest BCUT2D eigenvalue weighted by molar-refractivity contribution is 7.46. The molecule has 0 saturated heterocycles. The third-order valence-electron chi connectivity index (χ3n) is 7.94. The zero-order valence-electron chi connectivity index (χ0n) is 33.6. The summed E-state index contributed by atoms with van der Waals surface area (Å²) in [5.74, 6) is -1.08. The maximum Gasteiger partial charge on any atom is 0.469 e. The lowest BCUT2D eigenvalue weighted by molar-refractivity contribution is -0.161. The molecule has 0 saturated carbocycles. The molecule has 0 rings (SSSR count). The van der Waals surface area contributed by atoms with E-state index in [0.717, 1.165) is 64.2 Å². The molecular formula is C45H71O9P. The average Bonchev–Trinajstić information content (AvgIpc) is 3.16. The van der Waals surface area contributed by atoms with Gasteiger partial charge in [-0.05, 0) is 96.3 Å². The molecule has 0 heterocycles. The van der Waals surface area contributed by atoms with Crippen molar-refractivity contribution >= 4 is 19.8 Å². The van der Waals surface area contributed by atoms with Crippen molar-refractivity contribution < 1.29 is 43.0 Å². The number of carbonyl (C=O) groups is 2. The van der Waals surface area contributed by atoms with E-state index in [9.17, 15) is 19.3 Å². The number of carbonyl (C=O) groups excluding carboxylic acids is 2.